The highest BCUT2D eigenvalue weighted by molar-refractivity contribution is 7.15. The van der Waals surface area contributed by atoms with E-state index in [-0.39, 0.29) is 5.91 Å². The lowest BCUT2D eigenvalue weighted by Gasteiger charge is -2.24. The number of aromatic nitrogens is 1. The lowest BCUT2D eigenvalue weighted by atomic mass is 10.1. The summed E-state index contributed by atoms with van der Waals surface area (Å²) in [5, 5.41) is 3.54. The first kappa shape index (κ1) is 17.7. The molecule has 3 rings (SSSR count). The Morgan fingerprint density at radius 1 is 1.36 bits per heavy atom. The van der Waals surface area contributed by atoms with Crippen molar-refractivity contribution in [3.63, 3.8) is 0 Å². The Kier molecular flexibility index (Phi) is 5.55. The SMILES string of the molecule is CCCN1CCc2nc(NC(=O)c3cccc(OC)c3OC)sc2C1. The minimum atomic E-state index is -0.243. The van der Waals surface area contributed by atoms with Crippen molar-refractivity contribution in [2.75, 3.05) is 32.6 Å². The fourth-order valence-electron chi connectivity index (χ4n) is 3.04. The van der Waals surface area contributed by atoms with Crippen LogP contribution in [0.3, 0.4) is 0 Å². The third-order valence-corrected chi connectivity index (χ3v) is 5.22. The molecule has 1 aliphatic heterocycles. The van der Waals surface area contributed by atoms with Crippen molar-refractivity contribution in [2.24, 2.45) is 0 Å². The number of rotatable bonds is 6. The van der Waals surface area contributed by atoms with E-state index < -0.39 is 0 Å². The van der Waals surface area contributed by atoms with Crippen molar-refractivity contribution >= 4 is 22.4 Å². The molecule has 1 aromatic heterocycles. The summed E-state index contributed by atoms with van der Waals surface area (Å²) < 4.78 is 10.6. The predicted octanol–water partition coefficient (Wildman–Crippen LogP) is 3.18. The topological polar surface area (TPSA) is 63.7 Å². The number of benzene rings is 1. The zero-order valence-electron chi connectivity index (χ0n) is 14.8. The lowest BCUT2D eigenvalue weighted by molar-refractivity contribution is 0.102. The van der Waals surface area contributed by atoms with Crippen LogP contribution in [0.5, 0.6) is 11.5 Å². The molecule has 0 fully saturated rings. The molecule has 0 spiro atoms. The summed E-state index contributed by atoms with van der Waals surface area (Å²) >= 11 is 1.55. The third kappa shape index (κ3) is 3.77. The molecule has 0 bridgehead atoms. The maximum atomic E-state index is 12.7. The van der Waals surface area contributed by atoms with E-state index in [4.69, 9.17) is 9.47 Å². The molecule has 0 unspecified atom stereocenters. The van der Waals surface area contributed by atoms with Gasteiger partial charge in [-0.25, -0.2) is 4.98 Å². The van der Waals surface area contributed by atoms with Crippen molar-refractivity contribution in [3.8, 4) is 11.5 Å². The number of methoxy groups -OCH3 is 2. The van der Waals surface area contributed by atoms with Crippen LogP contribution in [0.2, 0.25) is 0 Å². The minimum absolute atomic E-state index is 0.243. The van der Waals surface area contributed by atoms with Crippen molar-refractivity contribution in [3.05, 3.63) is 34.3 Å². The highest BCUT2D eigenvalue weighted by Crippen LogP contribution is 2.32. The van der Waals surface area contributed by atoms with Gasteiger partial charge in [0.2, 0.25) is 0 Å². The Labute approximate surface area is 151 Å². The second-order valence-electron chi connectivity index (χ2n) is 5.91. The van der Waals surface area contributed by atoms with Crippen LogP contribution in [0.25, 0.3) is 0 Å². The van der Waals surface area contributed by atoms with E-state index in [9.17, 15) is 4.79 Å². The number of fused-ring (bicyclic) bond motifs is 1. The molecule has 0 atom stereocenters. The number of amides is 1. The smallest absolute Gasteiger partial charge is 0.261 e. The molecule has 2 aromatic rings. The number of hydrogen-bond donors (Lipinski definition) is 1. The first-order valence-electron chi connectivity index (χ1n) is 8.39. The number of anilines is 1. The van der Waals surface area contributed by atoms with E-state index in [1.807, 2.05) is 0 Å². The molecule has 1 N–H and O–H groups in total. The van der Waals surface area contributed by atoms with Gasteiger partial charge in [-0.1, -0.05) is 13.0 Å². The normalized spacial score (nSPS) is 14.0. The van der Waals surface area contributed by atoms with Gasteiger partial charge in [-0.3, -0.25) is 15.0 Å². The van der Waals surface area contributed by atoms with E-state index in [1.54, 1.807) is 36.6 Å². The molecular formula is C18H23N3O3S. The summed E-state index contributed by atoms with van der Waals surface area (Å²) in [7, 11) is 3.08. The van der Waals surface area contributed by atoms with Gasteiger partial charge < -0.3 is 9.47 Å². The Bertz CT molecular complexity index is 760. The zero-order valence-corrected chi connectivity index (χ0v) is 15.6. The summed E-state index contributed by atoms with van der Waals surface area (Å²) in [6.07, 6.45) is 2.08. The molecule has 0 saturated carbocycles. The Hall–Kier alpha value is -2.12. The number of hydrogen-bond acceptors (Lipinski definition) is 6. The molecule has 1 amide bonds. The number of nitrogens with one attached hydrogen (secondary N) is 1. The van der Waals surface area contributed by atoms with Crippen LogP contribution in [0, 0.1) is 0 Å². The van der Waals surface area contributed by atoms with Crippen molar-refractivity contribution in [2.45, 2.75) is 26.3 Å². The molecule has 0 saturated heterocycles. The summed E-state index contributed by atoms with van der Waals surface area (Å²) in [6.45, 7) is 5.23. The van der Waals surface area contributed by atoms with Gasteiger partial charge in [0.1, 0.15) is 0 Å². The molecule has 0 aliphatic carbocycles. The fraction of sp³-hybridized carbons (Fsp3) is 0.444. The average Bonchev–Trinajstić information content (AvgIpc) is 3.02. The summed E-state index contributed by atoms with van der Waals surface area (Å²) in [5.74, 6) is 0.717. The van der Waals surface area contributed by atoms with Crippen molar-refractivity contribution in [1.82, 2.24) is 9.88 Å². The van der Waals surface area contributed by atoms with Gasteiger partial charge in [-0.05, 0) is 25.1 Å². The second-order valence-corrected chi connectivity index (χ2v) is 6.99. The zero-order chi connectivity index (χ0) is 17.8. The van der Waals surface area contributed by atoms with E-state index in [0.717, 1.165) is 38.2 Å². The van der Waals surface area contributed by atoms with Gasteiger partial charge in [-0.2, -0.15) is 0 Å². The van der Waals surface area contributed by atoms with Crippen LogP contribution in [0.1, 0.15) is 34.3 Å². The Balaban J connectivity index is 1.77. The van der Waals surface area contributed by atoms with E-state index in [1.165, 1.54) is 12.0 Å². The first-order chi connectivity index (χ1) is 12.2. The lowest BCUT2D eigenvalue weighted by Crippen LogP contribution is -2.30. The second kappa shape index (κ2) is 7.84. The van der Waals surface area contributed by atoms with Gasteiger partial charge in [-0.15, -0.1) is 11.3 Å². The van der Waals surface area contributed by atoms with Crippen LogP contribution < -0.4 is 14.8 Å². The van der Waals surface area contributed by atoms with Gasteiger partial charge in [0, 0.05) is 24.4 Å². The molecule has 0 radical (unpaired) electrons. The molecule has 1 aromatic carbocycles. The Morgan fingerprint density at radius 2 is 2.20 bits per heavy atom. The van der Waals surface area contributed by atoms with Gasteiger partial charge in [0.05, 0.1) is 25.5 Å². The third-order valence-electron chi connectivity index (χ3n) is 4.22. The van der Waals surface area contributed by atoms with Gasteiger partial charge in [0.15, 0.2) is 16.6 Å². The maximum Gasteiger partial charge on any atom is 0.261 e. The summed E-state index contributed by atoms with van der Waals surface area (Å²) in [4.78, 5) is 20.9. The van der Waals surface area contributed by atoms with Crippen LogP contribution in [0.4, 0.5) is 5.13 Å². The number of ether oxygens (including phenoxy) is 2. The van der Waals surface area contributed by atoms with Crippen LogP contribution >= 0.6 is 11.3 Å². The average molecular weight is 361 g/mol. The van der Waals surface area contributed by atoms with Crippen LogP contribution in [-0.2, 0) is 13.0 Å². The Morgan fingerprint density at radius 3 is 2.92 bits per heavy atom. The predicted molar refractivity (Wildman–Crippen MR) is 98.9 cm³/mol. The van der Waals surface area contributed by atoms with Crippen molar-refractivity contribution in [1.29, 1.82) is 0 Å². The highest BCUT2D eigenvalue weighted by Gasteiger charge is 2.22. The fourth-order valence-corrected chi connectivity index (χ4v) is 4.08. The number of thiazole rings is 1. The van der Waals surface area contributed by atoms with Crippen LogP contribution in [-0.4, -0.2) is 43.1 Å². The molecule has 25 heavy (non-hydrogen) atoms. The number of para-hydroxylation sites is 1. The number of carbonyl (C=O) groups is 1. The quantitative estimate of drug-likeness (QED) is 0.856. The molecule has 6 nitrogen and oxygen atoms in total. The standard InChI is InChI=1S/C18H23N3O3S/c1-4-9-21-10-8-13-15(11-21)25-18(19-13)20-17(22)12-6-5-7-14(23-2)16(12)24-3/h5-7H,4,8-11H2,1-3H3,(H,19,20,22). The minimum Gasteiger partial charge on any atom is -0.493 e. The van der Waals surface area contributed by atoms with Gasteiger partial charge in [0.25, 0.3) is 5.91 Å². The highest BCUT2D eigenvalue weighted by atomic mass is 32.1. The van der Waals surface area contributed by atoms with Crippen molar-refractivity contribution < 1.29 is 14.3 Å². The monoisotopic (exact) mass is 361 g/mol. The van der Waals surface area contributed by atoms with E-state index in [2.05, 4.69) is 22.1 Å². The number of nitrogens with zero attached hydrogens (tertiary/aromatic N) is 2. The molecule has 7 heteroatoms. The summed E-state index contributed by atoms with van der Waals surface area (Å²) in [5.41, 5.74) is 1.54. The maximum absolute atomic E-state index is 12.7. The summed E-state index contributed by atoms with van der Waals surface area (Å²) in [6, 6.07) is 5.25. The molecule has 134 valence electrons. The van der Waals surface area contributed by atoms with Gasteiger partial charge >= 0.3 is 0 Å². The molecule has 1 aliphatic rings. The molecular weight excluding hydrogens is 338 g/mol. The van der Waals surface area contributed by atoms with E-state index >= 15 is 0 Å². The first-order valence-corrected chi connectivity index (χ1v) is 9.21. The van der Waals surface area contributed by atoms with E-state index in [0.29, 0.717) is 22.2 Å². The number of carbonyl (C=O) groups excluding carboxylic acids is 1. The van der Waals surface area contributed by atoms with Crippen LogP contribution in [0.15, 0.2) is 18.2 Å². The largest absolute Gasteiger partial charge is 0.493 e. The molecule has 2 heterocycles.